The van der Waals surface area contributed by atoms with Crippen molar-refractivity contribution in [2.75, 3.05) is 5.32 Å². The quantitative estimate of drug-likeness (QED) is 0.840. The molecule has 0 saturated heterocycles. The van der Waals surface area contributed by atoms with Crippen LogP contribution in [0.15, 0.2) is 24.4 Å². The number of hydrogen-bond donors (Lipinski definition) is 1. The summed E-state index contributed by atoms with van der Waals surface area (Å²) in [5.74, 6) is 0.0368. The maximum absolute atomic E-state index is 13.5. The van der Waals surface area contributed by atoms with Gasteiger partial charge in [0.1, 0.15) is 11.6 Å². The van der Waals surface area contributed by atoms with Gasteiger partial charge in [-0.15, -0.1) is 0 Å². The van der Waals surface area contributed by atoms with E-state index in [1.54, 1.807) is 13.1 Å². The van der Waals surface area contributed by atoms with Crippen molar-refractivity contribution in [1.82, 2.24) is 9.97 Å². The van der Waals surface area contributed by atoms with Gasteiger partial charge in [0, 0.05) is 16.8 Å². The van der Waals surface area contributed by atoms with Crippen molar-refractivity contribution in [3.63, 3.8) is 0 Å². The Balaban J connectivity index is 2.37. The molecule has 2 rings (SSSR count). The first kappa shape index (κ1) is 12.1. The number of rotatable bonds is 2. The number of benzene rings is 1. The van der Waals surface area contributed by atoms with Gasteiger partial charge in [-0.1, -0.05) is 11.6 Å². The molecule has 0 unspecified atom stereocenters. The second-order valence-electron chi connectivity index (χ2n) is 3.42. The molecule has 0 aliphatic rings. The molecular weight excluding hydrogens is 264 g/mol. The molecule has 0 saturated carbocycles. The highest BCUT2D eigenvalue weighted by Crippen LogP contribution is 2.24. The van der Waals surface area contributed by atoms with Crippen molar-refractivity contribution in [2.24, 2.45) is 0 Å². The van der Waals surface area contributed by atoms with Crippen LogP contribution in [0, 0.1) is 12.7 Å². The average molecular weight is 272 g/mol. The van der Waals surface area contributed by atoms with Crippen LogP contribution in [-0.4, -0.2) is 9.97 Å². The SMILES string of the molecule is Cc1cnc(Cl)nc1Nc1cc(Cl)ccc1F. The molecule has 2 aromatic rings. The number of aryl methyl sites for hydroxylation is 1. The molecule has 6 heteroatoms. The lowest BCUT2D eigenvalue weighted by Crippen LogP contribution is -2.00. The molecule has 88 valence electrons. The van der Waals surface area contributed by atoms with Crippen molar-refractivity contribution >= 4 is 34.7 Å². The van der Waals surface area contributed by atoms with Crippen LogP contribution in [0.4, 0.5) is 15.9 Å². The molecule has 1 N–H and O–H groups in total. The number of hydrogen-bond acceptors (Lipinski definition) is 3. The third-order valence-electron chi connectivity index (χ3n) is 2.12. The Hall–Kier alpha value is -1.39. The van der Waals surface area contributed by atoms with Crippen LogP contribution in [0.2, 0.25) is 10.3 Å². The minimum absolute atomic E-state index is 0.0977. The van der Waals surface area contributed by atoms with Gasteiger partial charge in [0.05, 0.1) is 5.69 Å². The first-order valence-electron chi connectivity index (χ1n) is 4.77. The van der Waals surface area contributed by atoms with Crippen molar-refractivity contribution in [3.05, 3.63) is 46.1 Å². The second kappa shape index (κ2) is 4.85. The first-order chi connectivity index (χ1) is 8.06. The number of nitrogens with one attached hydrogen (secondary N) is 1. The highest BCUT2D eigenvalue weighted by molar-refractivity contribution is 6.30. The number of nitrogens with zero attached hydrogens (tertiary/aromatic N) is 2. The van der Waals surface area contributed by atoms with Crippen molar-refractivity contribution in [1.29, 1.82) is 0 Å². The molecule has 3 nitrogen and oxygen atoms in total. The zero-order chi connectivity index (χ0) is 12.4. The molecular formula is C11H8Cl2FN3. The van der Waals surface area contributed by atoms with Gasteiger partial charge in [-0.05, 0) is 36.7 Å². The van der Waals surface area contributed by atoms with E-state index in [0.717, 1.165) is 5.56 Å². The predicted octanol–water partition coefficient (Wildman–Crippen LogP) is 3.97. The molecule has 0 atom stereocenters. The smallest absolute Gasteiger partial charge is 0.224 e. The van der Waals surface area contributed by atoms with E-state index in [4.69, 9.17) is 23.2 Å². The Morgan fingerprint density at radius 2 is 2.06 bits per heavy atom. The predicted molar refractivity (Wildman–Crippen MR) is 66.5 cm³/mol. The molecule has 1 heterocycles. The summed E-state index contributed by atoms with van der Waals surface area (Å²) in [4.78, 5) is 7.79. The molecule has 0 bridgehead atoms. The fraction of sp³-hybridized carbons (Fsp3) is 0.0909. The highest BCUT2D eigenvalue weighted by Gasteiger charge is 2.07. The summed E-state index contributed by atoms with van der Waals surface area (Å²) in [5, 5.41) is 3.36. The first-order valence-corrected chi connectivity index (χ1v) is 5.53. The van der Waals surface area contributed by atoms with E-state index in [0.29, 0.717) is 10.8 Å². The van der Waals surface area contributed by atoms with Crippen LogP contribution >= 0.6 is 23.2 Å². The summed E-state index contributed by atoms with van der Waals surface area (Å²) in [5.41, 5.74) is 1.00. The molecule has 0 spiro atoms. The molecule has 0 amide bonds. The summed E-state index contributed by atoms with van der Waals surface area (Å²) < 4.78 is 13.5. The summed E-state index contributed by atoms with van der Waals surface area (Å²) in [6.07, 6.45) is 1.56. The van der Waals surface area contributed by atoms with Gasteiger partial charge in [0.15, 0.2) is 0 Å². The van der Waals surface area contributed by atoms with Crippen LogP contribution in [-0.2, 0) is 0 Å². The Labute approximate surface area is 108 Å². The van der Waals surface area contributed by atoms with Crippen molar-refractivity contribution < 1.29 is 4.39 Å². The van der Waals surface area contributed by atoms with Crippen molar-refractivity contribution in [3.8, 4) is 0 Å². The summed E-state index contributed by atoms with van der Waals surface area (Å²) >= 11 is 11.5. The summed E-state index contributed by atoms with van der Waals surface area (Å²) in [6.45, 7) is 1.79. The van der Waals surface area contributed by atoms with Crippen LogP contribution in [0.1, 0.15) is 5.56 Å². The average Bonchev–Trinajstić information content (AvgIpc) is 2.28. The molecule has 0 aliphatic carbocycles. The lowest BCUT2D eigenvalue weighted by Gasteiger charge is -2.09. The zero-order valence-corrected chi connectivity index (χ0v) is 10.3. The fourth-order valence-electron chi connectivity index (χ4n) is 1.27. The number of halogens is 3. The van der Waals surface area contributed by atoms with Crippen LogP contribution < -0.4 is 5.32 Å². The van der Waals surface area contributed by atoms with Gasteiger partial charge in [0.2, 0.25) is 5.28 Å². The van der Waals surface area contributed by atoms with Gasteiger partial charge < -0.3 is 5.32 Å². The second-order valence-corrected chi connectivity index (χ2v) is 4.19. The monoisotopic (exact) mass is 271 g/mol. The van der Waals surface area contributed by atoms with Crippen LogP contribution in [0.3, 0.4) is 0 Å². The Kier molecular flexibility index (Phi) is 3.45. The maximum atomic E-state index is 13.5. The van der Waals surface area contributed by atoms with Gasteiger partial charge >= 0.3 is 0 Å². The molecule has 17 heavy (non-hydrogen) atoms. The van der Waals surface area contributed by atoms with Gasteiger partial charge in [-0.2, -0.15) is 0 Å². The minimum atomic E-state index is -0.413. The van der Waals surface area contributed by atoms with Crippen LogP contribution in [0.25, 0.3) is 0 Å². The van der Waals surface area contributed by atoms with E-state index in [-0.39, 0.29) is 11.0 Å². The molecule has 0 fully saturated rings. The van der Waals surface area contributed by atoms with Crippen molar-refractivity contribution in [2.45, 2.75) is 6.92 Å². The Bertz CT molecular complexity index is 511. The largest absolute Gasteiger partial charge is 0.337 e. The van der Waals surface area contributed by atoms with Gasteiger partial charge in [-0.25, -0.2) is 14.4 Å². The Morgan fingerprint density at radius 1 is 1.29 bits per heavy atom. The van der Waals surface area contributed by atoms with E-state index in [1.807, 2.05) is 0 Å². The van der Waals surface area contributed by atoms with E-state index in [2.05, 4.69) is 15.3 Å². The topological polar surface area (TPSA) is 37.8 Å². The Morgan fingerprint density at radius 3 is 2.82 bits per heavy atom. The standard InChI is InChI=1S/C11H8Cl2FN3/c1-6-5-15-11(13)17-10(6)16-9-4-7(12)2-3-8(9)14/h2-5H,1H3,(H,15,16,17). The third-order valence-corrected chi connectivity index (χ3v) is 2.54. The number of aromatic nitrogens is 2. The van der Waals surface area contributed by atoms with Crippen LogP contribution in [0.5, 0.6) is 0 Å². The number of anilines is 2. The molecule has 1 aromatic heterocycles. The lowest BCUT2D eigenvalue weighted by molar-refractivity contribution is 0.632. The van der Waals surface area contributed by atoms with E-state index >= 15 is 0 Å². The van der Waals surface area contributed by atoms with Gasteiger partial charge in [-0.3, -0.25) is 0 Å². The zero-order valence-electron chi connectivity index (χ0n) is 8.84. The summed E-state index contributed by atoms with van der Waals surface area (Å²) in [7, 11) is 0. The lowest BCUT2D eigenvalue weighted by atomic mass is 10.3. The normalized spacial score (nSPS) is 10.4. The van der Waals surface area contributed by atoms with E-state index in [9.17, 15) is 4.39 Å². The summed E-state index contributed by atoms with van der Waals surface area (Å²) in [6, 6.07) is 4.23. The molecule has 0 aliphatic heterocycles. The maximum Gasteiger partial charge on any atom is 0.224 e. The minimum Gasteiger partial charge on any atom is -0.337 e. The molecule has 1 aromatic carbocycles. The highest BCUT2D eigenvalue weighted by atomic mass is 35.5. The molecule has 0 radical (unpaired) electrons. The fourth-order valence-corrected chi connectivity index (χ4v) is 1.57. The van der Waals surface area contributed by atoms with Gasteiger partial charge in [0.25, 0.3) is 0 Å². The van der Waals surface area contributed by atoms with E-state index in [1.165, 1.54) is 18.2 Å². The van der Waals surface area contributed by atoms with E-state index < -0.39 is 5.82 Å². The third kappa shape index (κ3) is 2.84.